The number of H-pyrrole nitrogens is 1. The normalized spacial score (nSPS) is 20.7. The molecule has 0 bridgehead atoms. The van der Waals surface area contributed by atoms with Gasteiger partial charge in [-0.2, -0.15) is 0 Å². The summed E-state index contributed by atoms with van der Waals surface area (Å²) < 4.78 is 10.5. The molecule has 0 radical (unpaired) electrons. The number of hydrogen-bond donors (Lipinski definition) is 2. The average Bonchev–Trinajstić information content (AvgIpc) is 3.35. The van der Waals surface area contributed by atoms with Crippen LogP contribution in [0.2, 0.25) is 0 Å². The zero-order valence-electron chi connectivity index (χ0n) is 19.3. The Morgan fingerprint density at radius 2 is 1.81 bits per heavy atom. The maximum Gasteiger partial charge on any atom is 0.338 e. The van der Waals surface area contributed by atoms with Crippen LogP contribution in [0.3, 0.4) is 0 Å². The summed E-state index contributed by atoms with van der Waals surface area (Å²) in [4.78, 5) is 55.9. The summed E-state index contributed by atoms with van der Waals surface area (Å²) >= 11 is 2.18. The number of fused-ring (bicyclic) bond motifs is 2. The number of thiazole rings is 1. The minimum Gasteiger partial charge on any atom is -0.504 e. The fourth-order valence-electron chi connectivity index (χ4n) is 4.59. The van der Waals surface area contributed by atoms with Gasteiger partial charge in [-0.15, -0.1) is 0 Å². The van der Waals surface area contributed by atoms with Gasteiger partial charge in [0.05, 0.1) is 35.4 Å². The van der Waals surface area contributed by atoms with Crippen LogP contribution >= 0.6 is 23.1 Å². The standard InChI is InChI=1S/C25H22N2O7S2/c1-3-33-16-11-13(7-10-15(16)28)17-18-20(35-21-19(17)36-25(32)26-21)23(30)27(22(18)29)14-8-5-12(6-9-14)24(31)34-4-2/h5-11,17-18,20,28H,3-4H2,1-2H3,(H,26,32)/t17-,18?,20?/m1/s1. The van der Waals surface area contributed by atoms with Gasteiger partial charge in [0.15, 0.2) is 11.5 Å². The molecule has 2 N–H and O–H groups in total. The van der Waals surface area contributed by atoms with Gasteiger partial charge in [-0.3, -0.25) is 14.4 Å². The summed E-state index contributed by atoms with van der Waals surface area (Å²) in [6.07, 6.45) is 0. The smallest absolute Gasteiger partial charge is 0.338 e. The molecule has 3 heterocycles. The SMILES string of the molecule is CCOC(=O)c1ccc(N2C(=O)C3Sc4[nH]c(=O)sc4[C@H](c4ccc(O)c(OCC)c4)C3C2=O)cc1. The van der Waals surface area contributed by atoms with Gasteiger partial charge in [-0.25, -0.2) is 9.69 Å². The lowest BCUT2D eigenvalue weighted by molar-refractivity contribution is -0.122. The molecule has 5 rings (SSSR count). The van der Waals surface area contributed by atoms with Crippen LogP contribution in [0, 0.1) is 5.92 Å². The Bertz CT molecular complexity index is 1410. The van der Waals surface area contributed by atoms with Gasteiger partial charge in [0.2, 0.25) is 11.8 Å². The van der Waals surface area contributed by atoms with Crippen molar-refractivity contribution in [1.82, 2.24) is 4.98 Å². The number of rotatable bonds is 6. The van der Waals surface area contributed by atoms with Crippen molar-refractivity contribution < 1.29 is 29.0 Å². The molecule has 1 fully saturated rings. The Labute approximate surface area is 214 Å². The number of aromatic amines is 1. The van der Waals surface area contributed by atoms with Crippen LogP contribution in [0.15, 0.2) is 52.3 Å². The minimum absolute atomic E-state index is 0.0399. The molecule has 0 spiro atoms. The monoisotopic (exact) mass is 526 g/mol. The van der Waals surface area contributed by atoms with Crippen LogP contribution in [0.5, 0.6) is 11.5 Å². The van der Waals surface area contributed by atoms with Gasteiger partial charge < -0.3 is 19.6 Å². The van der Waals surface area contributed by atoms with E-state index in [1.165, 1.54) is 30.0 Å². The third-order valence-corrected chi connectivity index (χ3v) is 8.50. The molecule has 36 heavy (non-hydrogen) atoms. The molecule has 2 aromatic carbocycles. The summed E-state index contributed by atoms with van der Waals surface area (Å²) in [6, 6.07) is 10.9. The minimum atomic E-state index is -0.773. The van der Waals surface area contributed by atoms with Crippen molar-refractivity contribution in [2.24, 2.45) is 5.92 Å². The zero-order chi connectivity index (χ0) is 25.6. The number of hydrogen-bond acceptors (Lipinski definition) is 9. The molecule has 0 aliphatic carbocycles. The highest BCUT2D eigenvalue weighted by molar-refractivity contribution is 8.00. The van der Waals surface area contributed by atoms with Crippen molar-refractivity contribution in [1.29, 1.82) is 0 Å². The van der Waals surface area contributed by atoms with Crippen LogP contribution in [-0.2, 0) is 14.3 Å². The third-order valence-electron chi connectivity index (χ3n) is 6.10. The number of nitrogens with zero attached hydrogens (tertiary/aromatic N) is 1. The van der Waals surface area contributed by atoms with E-state index in [1.54, 1.807) is 38.1 Å². The number of thioether (sulfide) groups is 1. The lowest BCUT2D eigenvalue weighted by atomic mass is 9.83. The van der Waals surface area contributed by atoms with Crippen molar-refractivity contribution in [3.05, 3.63) is 68.1 Å². The fraction of sp³-hybridized carbons (Fsp3) is 0.280. The van der Waals surface area contributed by atoms with E-state index in [0.29, 0.717) is 33.3 Å². The Hall–Kier alpha value is -3.57. The summed E-state index contributed by atoms with van der Waals surface area (Å²) in [5.74, 6) is -2.42. The number of amides is 2. The number of carbonyl (C=O) groups excluding carboxylic acids is 3. The van der Waals surface area contributed by atoms with E-state index in [9.17, 15) is 24.3 Å². The van der Waals surface area contributed by atoms with E-state index >= 15 is 0 Å². The van der Waals surface area contributed by atoms with Crippen LogP contribution < -0.4 is 14.5 Å². The van der Waals surface area contributed by atoms with E-state index in [-0.39, 0.29) is 23.0 Å². The van der Waals surface area contributed by atoms with Crippen molar-refractivity contribution >= 4 is 46.6 Å². The van der Waals surface area contributed by atoms with E-state index in [4.69, 9.17) is 9.47 Å². The van der Waals surface area contributed by atoms with Gasteiger partial charge >= 0.3 is 10.8 Å². The maximum atomic E-state index is 13.8. The first-order valence-electron chi connectivity index (χ1n) is 11.3. The number of imide groups is 1. The molecular weight excluding hydrogens is 504 g/mol. The first kappa shape index (κ1) is 24.1. The third kappa shape index (κ3) is 3.97. The maximum absolute atomic E-state index is 13.8. The number of phenols is 1. The number of nitrogens with one attached hydrogen (secondary N) is 1. The molecule has 2 amide bonds. The topological polar surface area (TPSA) is 126 Å². The summed E-state index contributed by atoms with van der Waals surface area (Å²) in [5.41, 5.74) is 1.32. The highest BCUT2D eigenvalue weighted by Crippen LogP contribution is 2.53. The highest BCUT2D eigenvalue weighted by atomic mass is 32.2. The summed E-state index contributed by atoms with van der Waals surface area (Å²) in [5, 5.41) is 9.99. The predicted octanol–water partition coefficient (Wildman–Crippen LogP) is 3.51. The number of ether oxygens (including phenoxy) is 2. The Balaban J connectivity index is 1.56. The average molecular weight is 527 g/mol. The number of anilines is 1. The Morgan fingerprint density at radius 1 is 1.06 bits per heavy atom. The highest BCUT2D eigenvalue weighted by Gasteiger charge is 2.56. The van der Waals surface area contributed by atoms with Gasteiger partial charge in [0, 0.05) is 10.8 Å². The first-order chi connectivity index (χ1) is 17.3. The molecule has 11 heteroatoms. The number of benzene rings is 2. The van der Waals surface area contributed by atoms with Crippen LogP contribution in [0.25, 0.3) is 0 Å². The number of aromatic hydroxyl groups is 1. The van der Waals surface area contributed by atoms with Crippen molar-refractivity contribution in [3.63, 3.8) is 0 Å². The molecule has 9 nitrogen and oxygen atoms in total. The molecule has 1 saturated heterocycles. The van der Waals surface area contributed by atoms with Crippen molar-refractivity contribution in [3.8, 4) is 11.5 Å². The second-order valence-corrected chi connectivity index (χ2v) is 10.4. The second kappa shape index (κ2) is 9.47. The molecule has 2 aliphatic rings. The van der Waals surface area contributed by atoms with Gasteiger partial charge in [-0.05, 0) is 55.8 Å². The number of aromatic nitrogens is 1. The molecule has 2 unspecified atom stereocenters. The van der Waals surface area contributed by atoms with Gasteiger partial charge in [0.1, 0.15) is 5.25 Å². The molecule has 0 saturated carbocycles. The van der Waals surface area contributed by atoms with E-state index < -0.39 is 34.9 Å². The van der Waals surface area contributed by atoms with E-state index in [1.807, 2.05) is 0 Å². The Kier molecular flexibility index (Phi) is 6.35. The summed E-state index contributed by atoms with van der Waals surface area (Å²) in [7, 11) is 0. The molecule has 2 aliphatic heterocycles. The van der Waals surface area contributed by atoms with Crippen molar-refractivity contribution in [2.75, 3.05) is 18.1 Å². The van der Waals surface area contributed by atoms with E-state index in [0.717, 1.165) is 16.2 Å². The number of esters is 1. The van der Waals surface area contributed by atoms with Crippen molar-refractivity contribution in [2.45, 2.75) is 30.0 Å². The fourth-order valence-corrected chi connectivity index (χ4v) is 7.10. The van der Waals surface area contributed by atoms with Gasteiger partial charge in [-0.1, -0.05) is 29.2 Å². The molecule has 1 aromatic heterocycles. The number of phenolic OH excluding ortho intramolecular Hbond substituents is 1. The first-order valence-corrected chi connectivity index (χ1v) is 13.0. The predicted molar refractivity (Wildman–Crippen MR) is 134 cm³/mol. The summed E-state index contributed by atoms with van der Waals surface area (Å²) in [6.45, 7) is 4.07. The Morgan fingerprint density at radius 3 is 2.50 bits per heavy atom. The van der Waals surface area contributed by atoms with Crippen LogP contribution in [0.4, 0.5) is 5.69 Å². The van der Waals surface area contributed by atoms with Crippen LogP contribution in [-0.4, -0.2) is 46.3 Å². The number of carbonyl (C=O) groups is 3. The molecular formula is C25H22N2O7S2. The van der Waals surface area contributed by atoms with Crippen LogP contribution in [0.1, 0.15) is 40.6 Å². The lowest BCUT2D eigenvalue weighted by Gasteiger charge is -2.30. The molecule has 3 atom stereocenters. The zero-order valence-corrected chi connectivity index (χ0v) is 21.0. The lowest BCUT2D eigenvalue weighted by Crippen LogP contribution is -2.32. The van der Waals surface area contributed by atoms with E-state index in [2.05, 4.69) is 4.98 Å². The molecule has 3 aromatic rings. The second-order valence-electron chi connectivity index (χ2n) is 8.19. The van der Waals surface area contributed by atoms with Gasteiger partial charge in [0.25, 0.3) is 0 Å². The molecule has 186 valence electrons. The largest absolute Gasteiger partial charge is 0.504 e. The quantitative estimate of drug-likeness (QED) is 0.369.